The molecule has 8 nitrogen and oxygen atoms in total. The third kappa shape index (κ3) is 4.69. The van der Waals surface area contributed by atoms with Crippen LogP contribution in [0.2, 0.25) is 0 Å². The molecule has 236 valence electrons. The highest BCUT2D eigenvalue weighted by atomic mass is 19.1. The number of nitrogens with zero attached hydrogens (tertiary/aromatic N) is 5. The lowest BCUT2D eigenvalue weighted by Gasteiger charge is -2.35. The van der Waals surface area contributed by atoms with Crippen LogP contribution < -0.4 is 15.0 Å². The molecule has 6 heterocycles. The fraction of sp³-hybridized carbons (Fsp3) is 0.500. The van der Waals surface area contributed by atoms with Crippen LogP contribution in [0.5, 0.6) is 11.8 Å². The number of aryl methyl sites for hydroxylation is 2. The van der Waals surface area contributed by atoms with Crippen molar-refractivity contribution in [3.63, 3.8) is 0 Å². The van der Waals surface area contributed by atoms with Crippen molar-refractivity contribution in [3.8, 4) is 23.0 Å². The fourth-order valence-electron chi connectivity index (χ4n) is 8.43. The lowest BCUT2D eigenvalue weighted by Crippen LogP contribution is -2.51. The van der Waals surface area contributed by atoms with E-state index in [0.29, 0.717) is 83.4 Å². The highest BCUT2D eigenvalue weighted by Gasteiger charge is 2.49. The number of pyridine rings is 1. The van der Waals surface area contributed by atoms with Gasteiger partial charge in [-0.1, -0.05) is 13.0 Å². The predicted molar refractivity (Wildman–Crippen MR) is 167 cm³/mol. The zero-order valence-electron chi connectivity index (χ0n) is 25.5. The number of aromatic hydroxyl groups is 1. The molecule has 0 radical (unpaired) electrons. The summed E-state index contributed by atoms with van der Waals surface area (Å²) in [5, 5.41) is 15.9. The van der Waals surface area contributed by atoms with Crippen LogP contribution in [0, 0.1) is 18.6 Å². The molecule has 2 N–H and O–H groups in total. The van der Waals surface area contributed by atoms with Crippen LogP contribution in [-0.4, -0.2) is 81.5 Å². The number of aromatic nitrogens is 3. The van der Waals surface area contributed by atoms with Gasteiger partial charge in [-0.25, -0.2) is 18.2 Å². The minimum Gasteiger partial charge on any atom is -0.508 e. The van der Waals surface area contributed by atoms with Gasteiger partial charge >= 0.3 is 6.01 Å². The third-order valence-corrected chi connectivity index (χ3v) is 10.4. The van der Waals surface area contributed by atoms with Crippen LogP contribution >= 0.6 is 0 Å². The molecule has 2 aromatic heterocycles. The van der Waals surface area contributed by atoms with Gasteiger partial charge in [0, 0.05) is 43.7 Å². The quantitative estimate of drug-likeness (QED) is 0.289. The Morgan fingerprint density at radius 1 is 1.07 bits per heavy atom. The molecule has 0 amide bonds. The van der Waals surface area contributed by atoms with Crippen molar-refractivity contribution in [2.45, 2.75) is 76.2 Å². The second kappa shape index (κ2) is 10.7. The van der Waals surface area contributed by atoms with Crippen LogP contribution in [0.1, 0.15) is 50.3 Å². The summed E-state index contributed by atoms with van der Waals surface area (Å²) in [6.07, 6.45) is 3.81. The molecule has 4 aromatic rings. The SMILES string of the molecule is CCc1c(F)ccc2cc(O)cc(-c3nc(C)c4c(N5CC6CCC(C5)N6)nc(OC[C@@]56CCCN5C[C@H](F)C6)nc4c3F)c12. The second-order valence-corrected chi connectivity index (χ2v) is 13.3. The minimum absolute atomic E-state index is 0.0196. The van der Waals surface area contributed by atoms with Gasteiger partial charge < -0.3 is 20.1 Å². The summed E-state index contributed by atoms with van der Waals surface area (Å²) in [5.74, 6) is -0.589. The lowest BCUT2D eigenvalue weighted by molar-refractivity contribution is 0.107. The number of hydrogen-bond acceptors (Lipinski definition) is 8. The van der Waals surface area contributed by atoms with E-state index in [0.717, 1.165) is 32.2 Å². The third-order valence-electron chi connectivity index (χ3n) is 10.4. The Hall–Kier alpha value is -3.70. The summed E-state index contributed by atoms with van der Waals surface area (Å²) in [4.78, 5) is 18.6. The van der Waals surface area contributed by atoms with E-state index in [1.165, 1.54) is 12.1 Å². The summed E-state index contributed by atoms with van der Waals surface area (Å²) in [6, 6.07) is 6.59. The van der Waals surface area contributed by atoms with Crippen molar-refractivity contribution in [3.05, 3.63) is 47.2 Å². The van der Waals surface area contributed by atoms with Crippen molar-refractivity contribution in [1.29, 1.82) is 0 Å². The number of benzene rings is 2. The number of ether oxygens (including phenoxy) is 1. The fourth-order valence-corrected chi connectivity index (χ4v) is 8.43. The van der Waals surface area contributed by atoms with Gasteiger partial charge in [0.2, 0.25) is 0 Å². The molecule has 4 fully saturated rings. The molecule has 0 spiro atoms. The molecule has 0 aliphatic carbocycles. The zero-order valence-corrected chi connectivity index (χ0v) is 25.5. The first kappa shape index (κ1) is 28.8. The maximum atomic E-state index is 17.0. The topological polar surface area (TPSA) is 86.6 Å². The summed E-state index contributed by atoms with van der Waals surface area (Å²) < 4.78 is 52.7. The molecule has 4 saturated heterocycles. The summed E-state index contributed by atoms with van der Waals surface area (Å²) in [6.45, 7) is 6.52. The molecule has 2 unspecified atom stereocenters. The Labute approximate surface area is 259 Å². The number of rotatable bonds is 6. The van der Waals surface area contributed by atoms with Crippen LogP contribution in [0.4, 0.5) is 19.0 Å². The standard InChI is InChI=1S/C34H37F3N6O2/c1-3-24-26(36)8-5-19-11-23(44)12-25(28(19)24)30-29(37)31-27(18(2)38-30)32(42-15-21-6-7-22(16-42)39-21)41-33(40-31)45-17-34-9-4-10-43(34)14-20(35)13-34/h5,8,11-12,20-22,39,44H,3-4,6-7,9-10,13-17H2,1-2H3/t20-,21?,22?,34+/m1/s1. The Balaban J connectivity index is 1.30. The average molecular weight is 619 g/mol. The number of alkyl halides is 1. The number of hydrogen-bond donors (Lipinski definition) is 2. The first-order valence-electron chi connectivity index (χ1n) is 16.1. The summed E-state index contributed by atoms with van der Waals surface area (Å²) >= 11 is 0. The van der Waals surface area contributed by atoms with E-state index in [1.807, 2.05) is 6.92 Å². The van der Waals surface area contributed by atoms with Gasteiger partial charge in [-0.2, -0.15) is 9.97 Å². The maximum absolute atomic E-state index is 17.0. The molecule has 4 aliphatic heterocycles. The van der Waals surface area contributed by atoms with E-state index in [2.05, 4.69) is 20.1 Å². The van der Waals surface area contributed by atoms with Crippen molar-refractivity contribution in [2.75, 3.05) is 37.7 Å². The maximum Gasteiger partial charge on any atom is 0.319 e. The lowest BCUT2D eigenvalue weighted by atomic mass is 9.94. The van der Waals surface area contributed by atoms with Crippen LogP contribution in [0.25, 0.3) is 32.9 Å². The second-order valence-electron chi connectivity index (χ2n) is 13.3. The molecule has 4 aliphatic rings. The van der Waals surface area contributed by atoms with Crippen molar-refractivity contribution >= 4 is 27.5 Å². The van der Waals surface area contributed by atoms with Gasteiger partial charge in [-0.05, 0) is 80.1 Å². The largest absolute Gasteiger partial charge is 0.508 e. The van der Waals surface area contributed by atoms with Gasteiger partial charge in [0.1, 0.15) is 41.4 Å². The van der Waals surface area contributed by atoms with Crippen LogP contribution in [0.3, 0.4) is 0 Å². The molecular formula is C34H37F3N6O2. The van der Waals surface area contributed by atoms with Gasteiger partial charge in [0.25, 0.3) is 0 Å². The molecule has 4 atom stereocenters. The van der Waals surface area contributed by atoms with Crippen molar-refractivity contribution in [2.24, 2.45) is 0 Å². The molecule has 45 heavy (non-hydrogen) atoms. The number of phenolic OH excluding ortho intramolecular Hbond substituents is 1. The average Bonchev–Trinajstić information content (AvgIpc) is 3.67. The van der Waals surface area contributed by atoms with Gasteiger partial charge in [0.05, 0.1) is 16.6 Å². The van der Waals surface area contributed by atoms with Gasteiger partial charge in [0.15, 0.2) is 5.82 Å². The molecule has 11 heteroatoms. The molecule has 2 aromatic carbocycles. The number of phenols is 1. The Morgan fingerprint density at radius 3 is 2.64 bits per heavy atom. The summed E-state index contributed by atoms with van der Waals surface area (Å²) in [7, 11) is 0. The van der Waals surface area contributed by atoms with Gasteiger partial charge in [-0.3, -0.25) is 4.90 Å². The van der Waals surface area contributed by atoms with E-state index < -0.39 is 23.3 Å². The molecule has 2 bridgehead atoms. The van der Waals surface area contributed by atoms with E-state index in [-0.39, 0.29) is 29.6 Å². The molecule has 0 saturated carbocycles. The van der Waals surface area contributed by atoms with E-state index in [4.69, 9.17) is 14.7 Å². The van der Waals surface area contributed by atoms with Crippen LogP contribution in [0.15, 0.2) is 24.3 Å². The number of halogens is 3. The Kier molecular flexibility index (Phi) is 6.83. The van der Waals surface area contributed by atoms with Crippen molar-refractivity contribution in [1.82, 2.24) is 25.2 Å². The van der Waals surface area contributed by atoms with E-state index >= 15 is 8.78 Å². The first-order chi connectivity index (χ1) is 21.7. The molecular weight excluding hydrogens is 581 g/mol. The normalized spacial score (nSPS) is 26.3. The minimum atomic E-state index is -0.901. The van der Waals surface area contributed by atoms with Crippen molar-refractivity contribution < 1.29 is 23.0 Å². The highest BCUT2D eigenvalue weighted by molar-refractivity contribution is 6.02. The Morgan fingerprint density at radius 2 is 1.87 bits per heavy atom. The first-order valence-corrected chi connectivity index (χ1v) is 16.1. The number of nitrogens with one attached hydrogen (secondary N) is 1. The number of piperazine rings is 1. The monoisotopic (exact) mass is 618 g/mol. The Bertz CT molecular complexity index is 1830. The number of fused-ring (bicyclic) bond motifs is 5. The van der Waals surface area contributed by atoms with E-state index in [1.54, 1.807) is 19.1 Å². The molecule has 8 rings (SSSR count). The highest BCUT2D eigenvalue weighted by Crippen LogP contribution is 2.42. The van der Waals surface area contributed by atoms with Gasteiger partial charge in [-0.15, -0.1) is 0 Å². The van der Waals surface area contributed by atoms with E-state index in [9.17, 15) is 9.50 Å². The zero-order chi connectivity index (χ0) is 31.0. The summed E-state index contributed by atoms with van der Waals surface area (Å²) in [5.41, 5.74) is 0.876. The van der Waals surface area contributed by atoms with Crippen LogP contribution in [-0.2, 0) is 6.42 Å². The smallest absolute Gasteiger partial charge is 0.319 e. The predicted octanol–water partition coefficient (Wildman–Crippen LogP) is 5.60. The number of anilines is 1.